The summed E-state index contributed by atoms with van der Waals surface area (Å²) in [6.07, 6.45) is -2.14. The lowest BCUT2D eigenvalue weighted by Crippen LogP contribution is -2.32. The fourth-order valence-corrected chi connectivity index (χ4v) is 4.20. The lowest BCUT2D eigenvalue weighted by Gasteiger charge is -2.16. The number of aliphatic hydroxyl groups is 1. The van der Waals surface area contributed by atoms with E-state index in [1.54, 1.807) is 24.4 Å². The van der Waals surface area contributed by atoms with Crippen molar-refractivity contribution in [3.05, 3.63) is 35.2 Å². The van der Waals surface area contributed by atoms with Gasteiger partial charge < -0.3 is 35.6 Å². The first kappa shape index (κ1) is 19.0. The number of aromatic nitrogens is 5. The van der Waals surface area contributed by atoms with Gasteiger partial charge in [0, 0.05) is 16.7 Å². The van der Waals surface area contributed by atoms with E-state index in [0.29, 0.717) is 38.2 Å². The summed E-state index contributed by atoms with van der Waals surface area (Å²) < 4.78 is 28.5. The lowest BCUT2D eigenvalue weighted by molar-refractivity contribution is -0.0410. The summed E-state index contributed by atoms with van der Waals surface area (Å²) in [4.78, 5) is 15.2. The van der Waals surface area contributed by atoms with Crippen molar-refractivity contribution >= 4 is 49.8 Å². The fraction of sp³-hybridized carbons (Fsp3) is 0.278. The number of nitrogens with zero attached hydrogens (tertiary/aromatic N) is 4. The van der Waals surface area contributed by atoms with Gasteiger partial charge in [0.25, 0.3) is 0 Å². The molecule has 1 aromatic carbocycles. The monoisotopic (exact) mass is 477 g/mol. The Bertz CT molecular complexity index is 1250. The van der Waals surface area contributed by atoms with Gasteiger partial charge in [0.2, 0.25) is 0 Å². The molecule has 10 nitrogen and oxygen atoms in total. The molecule has 0 saturated carbocycles. The summed E-state index contributed by atoms with van der Waals surface area (Å²) >= 11 is 3.39. The fourth-order valence-electron chi connectivity index (χ4n) is 3.60. The zero-order chi connectivity index (χ0) is 21.0. The number of hydrogen-bond acceptors (Lipinski definition) is 8. The van der Waals surface area contributed by atoms with E-state index in [2.05, 4.69) is 35.9 Å². The molecule has 0 spiro atoms. The van der Waals surface area contributed by atoms with Crippen molar-refractivity contribution in [3.8, 4) is 5.75 Å². The topological polar surface area (TPSA) is 150 Å². The third kappa shape index (κ3) is 3.04. The van der Waals surface area contributed by atoms with Gasteiger partial charge >= 0.3 is 0 Å². The van der Waals surface area contributed by atoms with Crippen LogP contribution in [0.1, 0.15) is 6.23 Å². The second kappa shape index (κ2) is 7.07. The number of aliphatic hydroxyl groups excluding tert-OH is 1. The van der Waals surface area contributed by atoms with Gasteiger partial charge in [-0.2, -0.15) is 0 Å². The van der Waals surface area contributed by atoms with Gasteiger partial charge in [-0.15, -0.1) is 0 Å². The van der Waals surface area contributed by atoms with Gasteiger partial charge in [0.15, 0.2) is 18.3 Å². The Balaban J connectivity index is 1.36. The van der Waals surface area contributed by atoms with E-state index < -0.39 is 24.6 Å². The number of rotatable bonds is 4. The van der Waals surface area contributed by atoms with Crippen LogP contribution in [0.2, 0.25) is 0 Å². The second-order valence-electron chi connectivity index (χ2n) is 6.95. The Kier molecular flexibility index (Phi) is 4.49. The maximum absolute atomic E-state index is 14.9. The number of hydrogen-bond donors (Lipinski definition) is 4. The quantitative estimate of drug-likeness (QED) is 0.348. The predicted octanol–water partition coefficient (Wildman–Crippen LogP) is 1.91. The average Bonchev–Trinajstić information content (AvgIpc) is 3.34. The molecular formula is C18H17BrFN7O3. The number of alkyl halides is 1. The number of H-pyrrole nitrogens is 1. The van der Waals surface area contributed by atoms with Gasteiger partial charge in [0.1, 0.15) is 42.4 Å². The highest BCUT2D eigenvalue weighted by Gasteiger charge is 2.46. The summed E-state index contributed by atoms with van der Waals surface area (Å²) in [6, 6.07) is 5.18. The first-order chi connectivity index (χ1) is 14.4. The van der Waals surface area contributed by atoms with E-state index in [1.807, 2.05) is 0 Å². The Morgan fingerprint density at radius 1 is 1.33 bits per heavy atom. The molecule has 1 fully saturated rings. The highest BCUT2D eigenvalue weighted by molar-refractivity contribution is 9.10. The number of nitrogens with two attached hydrogens (primary N) is 2. The molecule has 1 saturated heterocycles. The van der Waals surface area contributed by atoms with E-state index >= 15 is 0 Å². The van der Waals surface area contributed by atoms with Crippen molar-refractivity contribution in [2.75, 3.05) is 18.1 Å². The number of nitrogens with one attached hydrogen (secondary N) is 1. The van der Waals surface area contributed by atoms with Crippen LogP contribution in [0, 0.1) is 0 Å². The normalized spacial score (nSPS) is 24.1. The minimum absolute atomic E-state index is 0.0509. The second-order valence-corrected chi connectivity index (χ2v) is 7.81. The standard InChI is InChI=1S/C18H17BrFN7O3/c19-8-4-27(16-12(8)15(21)23-6-24-16)17-13(20)14(28)11(30-17)5-29-7-1-2-9-10(3-7)26-18(22)25-9/h1-4,6,11,13-14,17,28H,5H2,(H2,21,23,24)(H3,22,25,26)/t11?,13-,14+,17+/m0/s1. The molecule has 156 valence electrons. The molecular weight excluding hydrogens is 461 g/mol. The number of imidazole rings is 1. The third-order valence-corrected chi connectivity index (χ3v) is 5.65. The molecule has 5 rings (SSSR count). The summed E-state index contributed by atoms with van der Waals surface area (Å²) in [6.45, 7) is -0.0509. The molecule has 3 aromatic heterocycles. The van der Waals surface area contributed by atoms with E-state index in [-0.39, 0.29) is 12.4 Å². The van der Waals surface area contributed by atoms with Crippen LogP contribution >= 0.6 is 15.9 Å². The van der Waals surface area contributed by atoms with Crippen LogP contribution in [0.5, 0.6) is 5.75 Å². The molecule has 0 bridgehead atoms. The Morgan fingerprint density at radius 2 is 2.17 bits per heavy atom. The molecule has 4 aromatic rings. The van der Waals surface area contributed by atoms with E-state index in [1.165, 1.54) is 10.9 Å². The van der Waals surface area contributed by atoms with Crippen LogP contribution in [-0.2, 0) is 4.74 Å². The van der Waals surface area contributed by atoms with Crippen LogP contribution in [0.25, 0.3) is 22.1 Å². The molecule has 4 heterocycles. The molecule has 6 N–H and O–H groups in total. The van der Waals surface area contributed by atoms with Crippen molar-refractivity contribution in [3.63, 3.8) is 0 Å². The number of nitrogen functional groups attached to an aromatic ring is 2. The zero-order valence-electron chi connectivity index (χ0n) is 15.4. The molecule has 1 aliphatic heterocycles. The highest BCUT2D eigenvalue weighted by atomic mass is 79.9. The van der Waals surface area contributed by atoms with Gasteiger partial charge in [-0.25, -0.2) is 19.3 Å². The smallest absolute Gasteiger partial charge is 0.198 e. The predicted molar refractivity (Wildman–Crippen MR) is 110 cm³/mol. The number of benzene rings is 1. The SMILES string of the molecule is Nc1nc2ccc(OCC3O[C@@H](n4cc(Br)c5c(N)ncnc54)[C@@H](F)[C@@H]3O)cc2[nH]1. The molecule has 0 aliphatic carbocycles. The first-order valence-corrected chi connectivity index (χ1v) is 9.84. The first-order valence-electron chi connectivity index (χ1n) is 9.04. The van der Waals surface area contributed by atoms with Gasteiger partial charge in [-0.1, -0.05) is 0 Å². The van der Waals surface area contributed by atoms with Crippen LogP contribution in [0.15, 0.2) is 35.2 Å². The van der Waals surface area contributed by atoms with Crippen LogP contribution < -0.4 is 16.2 Å². The molecule has 1 aliphatic rings. The number of anilines is 2. The Labute approximate surface area is 177 Å². The molecule has 12 heteroatoms. The van der Waals surface area contributed by atoms with Gasteiger partial charge in [0.05, 0.1) is 16.4 Å². The number of halogens is 2. The molecule has 1 unspecified atom stereocenters. The number of ether oxygens (including phenoxy) is 2. The van der Waals surface area contributed by atoms with Gasteiger partial charge in [-0.3, -0.25) is 0 Å². The minimum atomic E-state index is -1.69. The highest BCUT2D eigenvalue weighted by Crippen LogP contribution is 2.37. The third-order valence-electron chi connectivity index (χ3n) is 5.05. The van der Waals surface area contributed by atoms with Crippen molar-refractivity contribution in [2.24, 2.45) is 0 Å². The van der Waals surface area contributed by atoms with Crippen LogP contribution in [-0.4, -0.2) is 54.6 Å². The van der Waals surface area contributed by atoms with Crippen LogP contribution in [0.4, 0.5) is 16.2 Å². The number of aromatic amines is 1. The molecule has 0 radical (unpaired) electrons. The summed E-state index contributed by atoms with van der Waals surface area (Å²) in [5, 5.41) is 10.9. The lowest BCUT2D eigenvalue weighted by atomic mass is 10.1. The number of fused-ring (bicyclic) bond motifs is 2. The zero-order valence-corrected chi connectivity index (χ0v) is 17.0. The van der Waals surface area contributed by atoms with Crippen molar-refractivity contribution in [1.82, 2.24) is 24.5 Å². The maximum Gasteiger partial charge on any atom is 0.198 e. The van der Waals surface area contributed by atoms with E-state index in [0.717, 1.165) is 0 Å². The largest absolute Gasteiger partial charge is 0.491 e. The molecule has 0 amide bonds. The summed E-state index contributed by atoms with van der Waals surface area (Å²) in [5.41, 5.74) is 13.4. The Hall–Kier alpha value is -2.96. The van der Waals surface area contributed by atoms with Crippen molar-refractivity contribution in [2.45, 2.75) is 24.6 Å². The van der Waals surface area contributed by atoms with Crippen molar-refractivity contribution in [1.29, 1.82) is 0 Å². The van der Waals surface area contributed by atoms with E-state index in [4.69, 9.17) is 20.9 Å². The average molecular weight is 478 g/mol. The minimum Gasteiger partial charge on any atom is -0.491 e. The van der Waals surface area contributed by atoms with Gasteiger partial charge in [-0.05, 0) is 28.1 Å². The Morgan fingerprint density at radius 3 is 3.00 bits per heavy atom. The summed E-state index contributed by atoms with van der Waals surface area (Å²) in [5.74, 6) is 1.07. The summed E-state index contributed by atoms with van der Waals surface area (Å²) in [7, 11) is 0. The molecule has 4 atom stereocenters. The maximum atomic E-state index is 14.9. The molecule has 30 heavy (non-hydrogen) atoms. The van der Waals surface area contributed by atoms with E-state index in [9.17, 15) is 9.50 Å². The van der Waals surface area contributed by atoms with Crippen LogP contribution in [0.3, 0.4) is 0 Å². The van der Waals surface area contributed by atoms with Crippen molar-refractivity contribution < 1.29 is 19.0 Å².